The summed E-state index contributed by atoms with van der Waals surface area (Å²) in [4.78, 5) is 3.21. The van der Waals surface area contributed by atoms with Gasteiger partial charge in [0.15, 0.2) is 17.5 Å². The van der Waals surface area contributed by atoms with Crippen LogP contribution < -0.4 is 0 Å². The fourth-order valence-corrected chi connectivity index (χ4v) is 3.60. The van der Waals surface area contributed by atoms with Crippen LogP contribution in [0, 0.1) is 24.4 Å². The molecule has 0 fully saturated rings. The lowest BCUT2D eigenvalue weighted by atomic mass is 9.91. The topological polar surface area (TPSA) is 15.8 Å². The zero-order valence-corrected chi connectivity index (χ0v) is 15.8. The number of nitrogens with one attached hydrogen (secondary N) is 1. The summed E-state index contributed by atoms with van der Waals surface area (Å²) in [5.74, 6) is -2.60. The number of aromatic amines is 1. The third kappa shape index (κ3) is 3.11. The standard InChI is InChI=1S/C21H21ClF3N/c1-4-5-6-14-17-16(10-9-15(22)20(17)25)26-21(14)12(3)13-8-7-11(2)18(23)19(13)24/h7-10,12,26H,4-6H2,1-3H3. The second kappa shape index (κ2) is 7.36. The van der Waals surface area contributed by atoms with Crippen molar-refractivity contribution in [3.05, 3.63) is 69.1 Å². The van der Waals surface area contributed by atoms with Gasteiger partial charge in [0.25, 0.3) is 0 Å². The molecule has 0 saturated heterocycles. The lowest BCUT2D eigenvalue weighted by molar-refractivity contribution is 0.490. The van der Waals surface area contributed by atoms with E-state index in [4.69, 9.17) is 11.6 Å². The molecular weight excluding hydrogens is 359 g/mol. The van der Waals surface area contributed by atoms with Gasteiger partial charge in [-0.25, -0.2) is 13.2 Å². The molecule has 0 saturated carbocycles. The van der Waals surface area contributed by atoms with Gasteiger partial charge in [-0.2, -0.15) is 0 Å². The minimum absolute atomic E-state index is 0.0565. The molecule has 26 heavy (non-hydrogen) atoms. The van der Waals surface area contributed by atoms with Gasteiger partial charge < -0.3 is 4.98 Å². The van der Waals surface area contributed by atoms with Crippen LogP contribution in [0.4, 0.5) is 13.2 Å². The summed E-state index contributed by atoms with van der Waals surface area (Å²) in [5, 5.41) is 0.502. The fourth-order valence-electron chi connectivity index (χ4n) is 3.44. The van der Waals surface area contributed by atoms with Crippen molar-refractivity contribution < 1.29 is 13.2 Å². The predicted octanol–water partition coefficient (Wildman–Crippen LogP) is 7.04. The summed E-state index contributed by atoms with van der Waals surface area (Å²) in [6.07, 6.45) is 2.45. The zero-order chi connectivity index (χ0) is 19.0. The first-order valence-electron chi connectivity index (χ1n) is 8.79. The molecule has 1 aromatic heterocycles. The van der Waals surface area contributed by atoms with E-state index in [9.17, 15) is 13.2 Å². The van der Waals surface area contributed by atoms with Crippen molar-refractivity contribution in [1.82, 2.24) is 4.98 Å². The molecule has 138 valence electrons. The first kappa shape index (κ1) is 18.8. The second-order valence-corrected chi connectivity index (χ2v) is 7.13. The average molecular weight is 380 g/mol. The summed E-state index contributed by atoms with van der Waals surface area (Å²) in [7, 11) is 0. The Hall–Kier alpha value is -1.94. The van der Waals surface area contributed by atoms with Crippen LogP contribution in [-0.4, -0.2) is 4.98 Å². The Kier molecular flexibility index (Phi) is 5.33. The third-order valence-corrected chi connectivity index (χ3v) is 5.27. The third-order valence-electron chi connectivity index (χ3n) is 4.98. The van der Waals surface area contributed by atoms with E-state index < -0.39 is 23.4 Å². The van der Waals surface area contributed by atoms with Crippen molar-refractivity contribution >= 4 is 22.5 Å². The Morgan fingerprint density at radius 1 is 1.04 bits per heavy atom. The van der Waals surface area contributed by atoms with Crippen molar-refractivity contribution in [2.24, 2.45) is 0 Å². The molecule has 1 unspecified atom stereocenters. The molecule has 0 aliphatic rings. The highest BCUT2D eigenvalue weighted by Crippen LogP contribution is 2.37. The maximum Gasteiger partial charge on any atom is 0.162 e. The van der Waals surface area contributed by atoms with Gasteiger partial charge in [-0.15, -0.1) is 0 Å². The quantitative estimate of drug-likeness (QED) is 0.489. The molecule has 0 spiro atoms. The molecule has 5 heteroatoms. The number of H-pyrrole nitrogens is 1. The van der Waals surface area contributed by atoms with Gasteiger partial charge in [0.2, 0.25) is 0 Å². The van der Waals surface area contributed by atoms with E-state index in [2.05, 4.69) is 11.9 Å². The number of halogens is 4. The number of aromatic nitrogens is 1. The summed E-state index contributed by atoms with van der Waals surface area (Å²) in [5.41, 5.74) is 2.63. The number of fused-ring (bicyclic) bond motifs is 1. The van der Waals surface area contributed by atoms with Crippen molar-refractivity contribution in [2.45, 2.75) is 46.0 Å². The molecule has 0 radical (unpaired) electrons. The molecule has 2 aromatic carbocycles. The SMILES string of the molecule is CCCCc1c(C(C)c2ccc(C)c(F)c2F)[nH]c2ccc(Cl)c(F)c12. The van der Waals surface area contributed by atoms with Crippen LogP contribution in [0.5, 0.6) is 0 Å². The van der Waals surface area contributed by atoms with E-state index in [0.717, 1.165) is 18.4 Å². The van der Waals surface area contributed by atoms with E-state index in [0.29, 0.717) is 23.0 Å². The molecule has 1 N–H and O–H groups in total. The van der Waals surface area contributed by atoms with Crippen molar-refractivity contribution in [1.29, 1.82) is 0 Å². The van der Waals surface area contributed by atoms with Crippen LogP contribution >= 0.6 is 11.6 Å². The lowest BCUT2D eigenvalue weighted by Gasteiger charge is -2.15. The van der Waals surface area contributed by atoms with Gasteiger partial charge in [-0.3, -0.25) is 0 Å². The van der Waals surface area contributed by atoms with Gasteiger partial charge in [0.1, 0.15) is 0 Å². The van der Waals surface area contributed by atoms with Gasteiger partial charge in [0, 0.05) is 22.5 Å². The summed E-state index contributed by atoms with van der Waals surface area (Å²) in [6.45, 7) is 5.38. The van der Waals surface area contributed by atoms with E-state index >= 15 is 0 Å². The minimum atomic E-state index is -0.851. The first-order chi connectivity index (χ1) is 12.4. The number of benzene rings is 2. The predicted molar refractivity (Wildman–Crippen MR) is 100 cm³/mol. The van der Waals surface area contributed by atoms with E-state index in [1.54, 1.807) is 25.1 Å². The number of rotatable bonds is 5. The van der Waals surface area contributed by atoms with Gasteiger partial charge in [0.05, 0.1) is 5.02 Å². The van der Waals surface area contributed by atoms with Crippen LogP contribution in [0.2, 0.25) is 5.02 Å². The van der Waals surface area contributed by atoms with Gasteiger partial charge in [-0.05, 0) is 48.6 Å². The highest BCUT2D eigenvalue weighted by molar-refractivity contribution is 6.31. The number of aryl methyl sites for hydroxylation is 2. The van der Waals surface area contributed by atoms with Crippen molar-refractivity contribution in [3.63, 3.8) is 0 Å². The molecule has 0 aliphatic carbocycles. The van der Waals surface area contributed by atoms with Crippen LogP contribution in [0.15, 0.2) is 24.3 Å². The van der Waals surface area contributed by atoms with Crippen molar-refractivity contribution in [3.8, 4) is 0 Å². The summed E-state index contributed by atoms with van der Waals surface area (Å²) in [6, 6.07) is 6.38. The van der Waals surface area contributed by atoms with E-state index in [1.807, 2.05) is 0 Å². The monoisotopic (exact) mass is 379 g/mol. The molecule has 0 amide bonds. The molecule has 3 rings (SSSR count). The zero-order valence-electron chi connectivity index (χ0n) is 15.0. The molecule has 1 heterocycles. The fraction of sp³-hybridized carbons (Fsp3) is 0.333. The van der Waals surface area contributed by atoms with Crippen molar-refractivity contribution in [2.75, 3.05) is 0 Å². The summed E-state index contributed by atoms with van der Waals surface area (Å²) < 4.78 is 43.2. The molecular formula is C21H21ClF3N. The van der Waals surface area contributed by atoms with Crippen LogP contribution in [-0.2, 0) is 6.42 Å². The van der Waals surface area contributed by atoms with Crippen LogP contribution in [0.3, 0.4) is 0 Å². The normalized spacial score (nSPS) is 12.7. The first-order valence-corrected chi connectivity index (χ1v) is 9.17. The van der Waals surface area contributed by atoms with Gasteiger partial charge in [-0.1, -0.05) is 44.0 Å². The molecule has 1 atom stereocenters. The smallest absolute Gasteiger partial charge is 0.162 e. The van der Waals surface area contributed by atoms with Crippen LogP contribution in [0.1, 0.15) is 55.0 Å². The highest BCUT2D eigenvalue weighted by atomic mass is 35.5. The molecule has 0 bridgehead atoms. The Labute approximate surface area is 156 Å². The Morgan fingerprint density at radius 3 is 2.46 bits per heavy atom. The van der Waals surface area contributed by atoms with Crippen LogP contribution in [0.25, 0.3) is 10.9 Å². The Morgan fingerprint density at radius 2 is 1.77 bits per heavy atom. The Bertz CT molecular complexity index is 962. The molecule has 3 aromatic rings. The maximum atomic E-state index is 14.7. The maximum absolute atomic E-state index is 14.7. The Balaban J connectivity index is 2.20. The second-order valence-electron chi connectivity index (χ2n) is 6.73. The molecule has 1 nitrogen and oxygen atoms in total. The van der Waals surface area contributed by atoms with E-state index in [-0.39, 0.29) is 16.1 Å². The number of hydrogen-bond acceptors (Lipinski definition) is 0. The average Bonchev–Trinajstić information content (AvgIpc) is 3.00. The lowest BCUT2D eigenvalue weighted by Crippen LogP contribution is -2.06. The van der Waals surface area contributed by atoms with E-state index in [1.165, 1.54) is 13.0 Å². The molecule has 0 aliphatic heterocycles. The largest absolute Gasteiger partial charge is 0.358 e. The number of hydrogen-bond donors (Lipinski definition) is 1. The summed E-state index contributed by atoms with van der Waals surface area (Å²) >= 11 is 5.96. The number of unbranched alkanes of at least 4 members (excludes halogenated alkanes) is 1. The highest BCUT2D eigenvalue weighted by Gasteiger charge is 2.24. The van der Waals surface area contributed by atoms with Gasteiger partial charge >= 0.3 is 0 Å². The minimum Gasteiger partial charge on any atom is -0.358 e.